The Hall–Kier alpha value is -1.26. The molecule has 2 unspecified atom stereocenters. The van der Waals surface area contributed by atoms with Crippen LogP contribution in [0.2, 0.25) is 5.02 Å². The first-order valence-electron chi connectivity index (χ1n) is 7.23. The zero-order valence-corrected chi connectivity index (χ0v) is 12.2. The van der Waals surface area contributed by atoms with Gasteiger partial charge in [-0.1, -0.05) is 11.6 Å². The van der Waals surface area contributed by atoms with Crippen molar-refractivity contribution in [1.82, 2.24) is 4.90 Å². The Kier molecular flexibility index (Phi) is 3.85. The van der Waals surface area contributed by atoms with Crippen LogP contribution in [-0.2, 0) is 0 Å². The minimum Gasteiger partial charge on any atom is -0.382 e. The number of piperidine rings is 1. The lowest BCUT2D eigenvalue weighted by Crippen LogP contribution is -2.42. The Bertz CT molecular complexity index is 520. The normalized spacial score (nSPS) is 26.2. The summed E-state index contributed by atoms with van der Waals surface area (Å²) in [5.74, 6) is -0.482. The molecule has 0 aromatic heterocycles. The van der Waals surface area contributed by atoms with Gasteiger partial charge in [0.1, 0.15) is 0 Å². The molecular formula is C15H20ClN3O. The summed E-state index contributed by atoms with van der Waals surface area (Å²) in [7, 11) is 0. The van der Waals surface area contributed by atoms with Gasteiger partial charge in [0.15, 0.2) is 0 Å². The Morgan fingerprint density at radius 3 is 3.00 bits per heavy atom. The predicted octanol–water partition coefficient (Wildman–Crippen LogP) is 2.48. The van der Waals surface area contributed by atoms with E-state index in [1.807, 2.05) is 6.07 Å². The number of hydrogen-bond donors (Lipinski definition) is 2. The van der Waals surface area contributed by atoms with Crippen LogP contribution < -0.4 is 11.1 Å². The molecule has 1 aromatic rings. The predicted molar refractivity (Wildman–Crippen MR) is 81.2 cm³/mol. The summed E-state index contributed by atoms with van der Waals surface area (Å²) >= 11 is 5.97. The number of nitrogens with one attached hydrogen (secondary N) is 1. The molecule has 4 nitrogen and oxygen atoms in total. The fourth-order valence-electron chi connectivity index (χ4n) is 3.40. The first-order chi connectivity index (χ1) is 9.63. The highest BCUT2D eigenvalue weighted by Gasteiger charge is 2.31. The summed E-state index contributed by atoms with van der Waals surface area (Å²) in [6.45, 7) is 2.42. The molecule has 3 N–H and O–H groups in total. The Morgan fingerprint density at radius 1 is 1.35 bits per heavy atom. The van der Waals surface area contributed by atoms with Crippen LogP contribution in [0, 0.1) is 0 Å². The highest BCUT2D eigenvalue weighted by molar-refractivity contribution is 6.33. The number of benzene rings is 1. The number of rotatable bonds is 3. The van der Waals surface area contributed by atoms with E-state index in [1.165, 1.54) is 32.4 Å². The van der Waals surface area contributed by atoms with Crippen LogP contribution in [0.15, 0.2) is 18.2 Å². The molecule has 0 saturated carbocycles. The lowest BCUT2D eigenvalue weighted by Gasteiger charge is -2.35. The average molecular weight is 294 g/mol. The molecule has 3 rings (SSSR count). The maximum atomic E-state index is 11.3. The van der Waals surface area contributed by atoms with E-state index in [-0.39, 0.29) is 0 Å². The van der Waals surface area contributed by atoms with Crippen molar-refractivity contribution in [3.05, 3.63) is 28.8 Å². The standard InChI is InChI=1S/C15H20ClN3O/c16-14-4-3-10(9-13(14)15(17)20)18-11-5-7-19-6-1-2-12(19)8-11/h3-4,9,11-12,18H,1-2,5-8H2,(H2,17,20). The Balaban J connectivity index is 1.68. The van der Waals surface area contributed by atoms with E-state index in [0.717, 1.165) is 18.2 Å². The summed E-state index contributed by atoms with van der Waals surface area (Å²) in [5, 5.41) is 3.93. The molecule has 20 heavy (non-hydrogen) atoms. The Labute approximate surface area is 124 Å². The van der Waals surface area contributed by atoms with E-state index in [2.05, 4.69) is 10.2 Å². The van der Waals surface area contributed by atoms with E-state index < -0.39 is 5.91 Å². The minimum absolute atomic E-state index is 0.384. The number of nitrogens with two attached hydrogens (primary N) is 1. The number of halogens is 1. The molecule has 2 atom stereocenters. The second-order valence-corrected chi connectivity index (χ2v) is 6.16. The van der Waals surface area contributed by atoms with Crippen molar-refractivity contribution in [2.24, 2.45) is 5.73 Å². The van der Waals surface area contributed by atoms with Crippen molar-refractivity contribution in [2.45, 2.75) is 37.8 Å². The van der Waals surface area contributed by atoms with Crippen molar-refractivity contribution in [1.29, 1.82) is 0 Å². The minimum atomic E-state index is -0.482. The average Bonchev–Trinajstić information content (AvgIpc) is 2.88. The number of carbonyl (C=O) groups excluding carboxylic acids is 1. The van der Waals surface area contributed by atoms with Crippen LogP contribution in [0.5, 0.6) is 0 Å². The largest absolute Gasteiger partial charge is 0.382 e. The van der Waals surface area contributed by atoms with Gasteiger partial charge in [0.2, 0.25) is 5.91 Å². The molecule has 2 aliphatic heterocycles. The molecular weight excluding hydrogens is 274 g/mol. The lowest BCUT2D eigenvalue weighted by molar-refractivity contribution is 0.100. The van der Waals surface area contributed by atoms with Gasteiger partial charge in [-0.15, -0.1) is 0 Å². The van der Waals surface area contributed by atoms with Gasteiger partial charge in [-0.3, -0.25) is 4.79 Å². The molecule has 2 fully saturated rings. The van der Waals surface area contributed by atoms with E-state index >= 15 is 0 Å². The maximum Gasteiger partial charge on any atom is 0.250 e. The van der Waals surface area contributed by atoms with Crippen LogP contribution >= 0.6 is 11.6 Å². The highest BCUT2D eigenvalue weighted by Crippen LogP contribution is 2.29. The van der Waals surface area contributed by atoms with Crippen LogP contribution in [0.3, 0.4) is 0 Å². The van der Waals surface area contributed by atoms with Gasteiger partial charge in [0.05, 0.1) is 10.6 Å². The second kappa shape index (κ2) is 5.62. The van der Waals surface area contributed by atoms with Crippen LogP contribution in [0.4, 0.5) is 5.69 Å². The van der Waals surface area contributed by atoms with Crippen molar-refractivity contribution >= 4 is 23.2 Å². The number of carbonyl (C=O) groups is 1. The Morgan fingerprint density at radius 2 is 2.20 bits per heavy atom. The van der Waals surface area contributed by atoms with Gasteiger partial charge in [0.25, 0.3) is 0 Å². The van der Waals surface area contributed by atoms with Crippen LogP contribution in [-0.4, -0.2) is 36.0 Å². The maximum absolute atomic E-state index is 11.3. The van der Waals surface area contributed by atoms with Gasteiger partial charge in [0, 0.05) is 24.3 Å². The molecule has 2 aliphatic rings. The molecule has 1 aromatic carbocycles. The molecule has 5 heteroatoms. The van der Waals surface area contributed by atoms with Crippen molar-refractivity contribution in [2.75, 3.05) is 18.4 Å². The van der Waals surface area contributed by atoms with E-state index in [4.69, 9.17) is 17.3 Å². The lowest BCUT2D eigenvalue weighted by atomic mass is 9.97. The summed E-state index contributed by atoms with van der Waals surface area (Å²) in [6.07, 6.45) is 4.95. The number of hydrogen-bond acceptors (Lipinski definition) is 3. The molecule has 2 saturated heterocycles. The fourth-order valence-corrected chi connectivity index (χ4v) is 3.61. The number of primary amides is 1. The van der Waals surface area contributed by atoms with Crippen molar-refractivity contribution in [3.63, 3.8) is 0 Å². The first kappa shape index (κ1) is 13.7. The van der Waals surface area contributed by atoms with E-state index in [9.17, 15) is 4.79 Å². The topological polar surface area (TPSA) is 58.4 Å². The summed E-state index contributed by atoms with van der Waals surface area (Å²) < 4.78 is 0. The van der Waals surface area contributed by atoms with Crippen molar-refractivity contribution < 1.29 is 4.79 Å². The van der Waals surface area contributed by atoms with Gasteiger partial charge in [-0.2, -0.15) is 0 Å². The van der Waals surface area contributed by atoms with Gasteiger partial charge >= 0.3 is 0 Å². The molecule has 1 amide bonds. The summed E-state index contributed by atoms with van der Waals surface area (Å²) in [4.78, 5) is 13.9. The zero-order valence-electron chi connectivity index (χ0n) is 11.4. The number of fused-ring (bicyclic) bond motifs is 1. The third-order valence-electron chi connectivity index (χ3n) is 4.42. The molecule has 0 radical (unpaired) electrons. The van der Waals surface area contributed by atoms with Crippen LogP contribution in [0.1, 0.15) is 36.0 Å². The first-order valence-corrected chi connectivity index (χ1v) is 7.61. The summed E-state index contributed by atoms with van der Waals surface area (Å²) in [6, 6.07) is 6.59. The monoisotopic (exact) mass is 293 g/mol. The van der Waals surface area contributed by atoms with E-state index in [1.54, 1.807) is 12.1 Å². The van der Waals surface area contributed by atoms with Crippen LogP contribution in [0.25, 0.3) is 0 Å². The highest BCUT2D eigenvalue weighted by atomic mass is 35.5. The molecule has 0 bridgehead atoms. The quantitative estimate of drug-likeness (QED) is 0.900. The smallest absolute Gasteiger partial charge is 0.250 e. The van der Waals surface area contributed by atoms with Gasteiger partial charge < -0.3 is 16.0 Å². The zero-order chi connectivity index (χ0) is 14.1. The van der Waals surface area contributed by atoms with Gasteiger partial charge in [-0.25, -0.2) is 0 Å². The molecule has 108 valence electrons. The molecule has 0 aliphatic carbocycles. The third-order valence-corrected chi connectivity index (χ3v) is 4.75. The van der Waals surface area contributed by atoms with E-state index in [0.29, 0.717) is 16.6 Å². The molecule has 0 spiro atoms. The summed E-state index contributed by atoms with van der Waals surface area (Å²) in [5.41, 5.74) is 6.64. The fraction of sp³-hybridized carbons (Fsp3) is 0.533. The number of nitrogens with zero attached hydrogens (tertiary/aromatic N) is 1. The third kappa shape index (κ3) is 2.76. The number of anilines is 1. The SMILES string of the molecule is NC(=O)c1cc(NC2CCN3CCCC3C2)ccc1Cl. The second-order valence-electron chi connectivity index (χ2n) is 5.76. The number of amides is 1. The molecule has 2 heterocycles. The van der Waals surface area contributed by atoms with Gasteiger partial charge in [-0.05, 0) is 50.4 Å². The van der Waals surface area contributed by atoms with Crippen molar-refractivity contribution in [3.8, 4) is 0 Å².